The minimum atomic E-state index is -4.15. The minimum absolute atomic E-state index is 0.0326. The first-order valence-electron chi connectivity index (χ1n) is 8.29. The van der Waals surface area contributed by atoms with Gasteiger partial charge in [-0.2, -0.15) is 0 Å². The molecule has 0 aliphatic carbocycles. The molecule has 11 heteroatoms. The maximum Gasteiger partial charge on any atom is 0.243 e. The molecule has 27 heavy (non-hydrogen) atoms. The molecular formula is C16H19F2N5O3S. The largest absolute Gasteiger partial charge is 0.378 e. The van der Waals surface area contributed by atoms with Crippen LogP contribution in [0.3, 0.4) is 0 Å². The van der Waals surface area contributed by atoms with Gasteiger partial charge in [-0.15, -0.1) is 0 Å². The lowest BCUT2D eigenvalue weighted by atomic mass is 10.3. The lowest BCUT2D eigenvalue weighted by Gasteiger charge is -2.27. The highest BCUT2D eigenvalue weighted by atomic mass is 32.2. The molecule has 1 aromatic carbocycles. The molecule has 8 nitrogen and oxygen atoms in total. The number of nitrogens with zero attached hydrogens (tertiary/aromatic N) is 3. The third-order valence-corrected chi connectivity index (χ3v) is 5.37. The highest BCUT2D eigenvalue weighted by molar-refractivity contribution is 7.89. The van der Waals surface area contributed by atoms with Gasteiger partial charge < -0.3 is 15.0 Å². The summed E-state index contributed by atoms with van der Waals surface area (Å²) in [4.78, 5) is 9.64. The Hall–Kier alpha value is -2.37. The van der Waals surface area contributed by atoms with Gasteiger partial charge in [0.25, 0.3) is 0 Å². The summed E-state index contributed by atoms with van der Waals surface area (Å²) in [6, 6.07) is 4.03. The van der Waals surface area contributed by atoms with E-state index in [9.17, 15) is 17.2 Å². The van der Waals surface area contributed by atoms with Crippen LogP contribution < -0.4 is 14.9 Å². The lowest BCUT2D eigenvalue weighted by molar-refractivity contribution is 0.122. The predicted molar refractivity (Wildman–Crippen MR) is 95.1 cm³/mol. The van der Waals surface area contributed by atoms with Crippen molar-refractivity contribution in [3.05, 3.63) is 42.2 Å². The average Bonchev–Trinajstić information content (AvgIpc) is 2.68. The number of nitrogens with one attached hydrogen (secondary N) is 2. The van der Waals surface area contributed by atoms with Crippen LogP contribution in [0.15, 0.2) is 35.5 Å². The van der Waals surface area contributed by atoms with Gasteiger partial charge >= 0.3 is 0 Å². The third-order valence-electron chi connectivity index (χ3n) is 3.89. The Morgan fingerprint density at radius 1 is 1.11 bits per heavy atom. The SMILES string of the molecule is O=S(=O)(NCCNc1cc(N2CCOCC2)ncn1)c1cc(F)ccc1F. The number of hydrogen-bond donors (Lipinski definition) is 2. The van der Waals surface area contributed by atoms with E-state index in [1.54, 1.807) is 6.07 Å². The first-order valence-corrected chi connectivity index (χ1v) is 9.77. The zero-order valence-electron chi connectivity index (χ0n) is 14.4. The summed E-state index contributed by atoms with van der Waals surface area (Å²) in [5.74, 6) is -0.560. The van der Waals surface area contributed by atoms with Crippen LogP contribution in [0.4, 0.5) is 20.4 Å². The molecular weight excluding hydrogens is 380 g/mol. The fourth-order valence-corrected chi connectivity index (χ4v) is 3.66. The van der Waals surface area contributed by atoms with E-state index in [2.05, 4.69) is 24.9 Å². The Bertz CT molecular complexity index is 891. The van der Waals surface area contributed by atoms with Crippen molar-refractivity contribution < 1.29 is 21.9 Å². The third kappa shape index (κ3) is 5.08. The van der Waals surface area contributed by atoms with E-state index in [1.165, 1.54) is 6.33 Å². The van der Waals surface area contributed by atoms with Gasteiger partial charge in [-0.1, -0.05) is 0 Å². The van der Waals surface area contributed by atoms with Crippen molar-refractivity contribution in [2.24, 2.45) is 0 Å². The molecule has 2 aromatic rings. The average molecular weight is 399 g/mol. The van der Waals surface area contributed by atoms with E-state index < -0.39 is 26.6 Å². The van der Waals surface area contributed by atoms with Gasteiger partial charge in [0.15, 0.2) is 0 Å². The maximum absolute atomic E-state index is 13.6. The molecule has 2 N–H and O–H groups in total. The molecule has 1 fully saturated rings. The topological polar surface area (TPSA) is 96.5 Å². The maximum atomic E-state index is 13.6. The molecule has 0 amide bonds. The van der Waals surface area contributed by atoms with E-state index in [0.29, 0.717) is 25.1 Å². The van der Waals surface area contributed by atoms with Crippen molar-refractivity contribution in [2.45, 2.75) is 4.90 Å². The summed E-state index contributed by atoms with van der Waals surface area (Å²) in [6.45, 7) is 2.90. The summed E-state index contributed by atoms with van der Waals surface area (Å²) in [7, 11) is -4.15. The quantitative estimate of drug-likeness (QED) is 0.670. The van der Waals surface area contributed by atoms with Crippen LogP contribution in [0.5, 0.6) is 0 Å². The molecule has 1 aliphatic rings. The van der Waals surface area contributed by atoms with Crippen molar-refractivity contribution in [1.82, 2.24) is 14.7 Å². The van der Waals surface area contributed by atoms with Gasteiger partial charge in [0.2, 0.25) is 10.0 Å². The number of ether oxygens (including phenoxy) is 1. The first-order chi connectivity index (χ1) is 13.0. The molecule has 1 aromatic heterocycles. The number of benzene rings is 1. The number of sulfonamides is 1. The summed E-state index contributed by atoms with van der Waals surface area (Å²) in [5, 5.41) is 2.97. The first kappa shape index (κ1) is 19.4. The summed E-state index contributed by atoms with van der Waals surface area (Å²) in [5.41, 5.74) is 0. The Morgan fingerprint density at radius 3 is 2.67 bits per heavy atom. The normalized spacial score (nSPS) is 15.0. The predicted octanol–water partition coefficient (Wildman–Crippen LogP) is 0.982. The monoisotopic (exact) mass is 399 g/mol. The number of morpholine rings is 1. The zero-order valence-corrected chi connectivity index (χ0v) is 15.2. The Kier molecular flexibility index (Phi) is 6.14. The Labute approximate surface area is 155 Å². The Balaban J connectivity index is 1.55. The van der Waals surface area contributed by atoms with Gasteiger partial charge in [0.05, 0.1) is 13.2 Å². The van der Waals surface area contributed by atoms with Crippen LogP contribution in [-0.2, 0) is 14.8 Å². The molecule has 146 valence electrons. The van der Waals surface area contributed by atoms with E-state index in [-0.39, 0.29) is 13.1 Å². The minimum Gasteiger partial charge on any atom is -0.378 e. The molecule has 0 atom stereocenters. The van der Waals surface area contributed by atoms with Crippen LogP contribution in [0.25, 0.3) is 0 Å². The summed E-state index contributed by atoms with van der Waals surface area (Å²) < 4.78 is 58.5. The van der Waals surface area contributed by atoms with Crippen LogP contribution in [0, 0.1) is 11.6 Å². The number of aromatic nitrogens is 2. The van der Waals surface area contributed by atoms with Gasteiger partial charge in [0.1, 0.15) is 34.5 Å². The molecule has 2 heterocycles. The van der Waals surface area contributed by atoms with Gasteiger partial charge in [0, 0.05) is 32.2 Å². The van der Waals surface area contributed by atoms with Gasteiger partial charge in [-0.3, -0.25) is 0 Å². The van der Waals surface area contributed by atoms with Gasteiger partial charge in [-0.25, -0.2) is 31.9 Å². The molecule has 0 saturated carbocycles. The molecule has 3 rings (SSSR count). The second-order valence-electron chi connectivity index (χ2n) is 5.76. The van der Waals surface area contributed by atoms with Crippen LogP contribution in [0.1, 0.15) is 0 Å². The van der Waals surface area contributed by atoms with Crippen LogP contribution >= 0.6 is 0 Å². The fraction of sp³-hybridized carbons (Fsp3) is 0.375. The van der Waals surface area contributed by atoms with Crippen LogP contribution in [0.2, 0.25) is 0 Å². The number of anilines is 2. The summed E-state index contributed by atoms with van der Waals surface area (Å²) in [6.07, 6.45) is 1.42. The highest BCUT2D eigenvalue weighted by Crippen LogP contribution is 2.16. The molecule has 0 radical (unpaired) electrons. The lowest BCUT2D eigenvalue weighted by Crippen LogP contribution is -2.36. The molecule has 1 saturated heterocycles. The number of rotatable bonds is 7. The molecule has 0 spiro atoms. The van der Waals surface area contributed by atoms with Crippen molar-refractivity contribution in [3.8, 4) is 0 Å². The smallest absolute Gasteiger partial charge is 0.243 e. The second kappa shape index (κ2) is 8.55. The van der Waals surface area contributed by atoms with E-state index >= 15 is 0 Å². The number of halogens is 2. The van der Waals surface area contributed by atoms with E-state index in [1.807, 2.05) is 0 Å². The molecule has 0 unspecified atom stereocenters. The Morgan fingerprint density at radius 2 is 1.89 bits per heavy atom. The van der Waals surface area contributed by atoms with Gasteiger partial charge in [-0.05, 0) is 18.2 Å². The summed E-state index contributed by atoms with van der Waals surface area (Å²) >= 11 is 0. The van der Waals surface area contributed by atoms with Crippen LogP contribution in [-0.4, -0.2) is 57.8 Å². The second-order valence-corrected chi connectivity index (χ2v) is 7.50. The zero-order chi connectivity index (χ0) is 19.3. The standard InChI is InChI=1S/C16H19F2N5O3S/c17-12-1-2-13(18)14(9-12)27(24,25)22-4-3-19-15-10-16(21-11-20-15)23-5-7-26-8-6-23/h1-2,9-11,22H,3-8H2,(H,19,20,21). The van der Waals surface area contributed by atoms with Crippen molar-refractivity contribution in [3.63, 3.8) is 0 Å². The number of hydrogen-bond acceptors (Lipinski definition) is 7. The van der Waals surface area contributed by atoms with Crippen molar-refractivity contribution in [1.29, 1.82) is 0 Å². The molecule has 1 aliphatic heterocycles. The van der Waals surface area contributed by atoms with Crippen molar-refractivity contribution in [2.75, 3.05) is 49.6 Å². The molecule has 0 bridgehead atoms. The van der Waals surface area contributed by atoms with E-state index in [4.69, 9.17) is 4.74 Å². The fourth-order valence-electron chi connectivity index (χ4n) is 2.55. The van der Waals surface area contributed by atoms with Crippen molar-refractivity contribution >= 4 is 21.7 Å². The van der Waals surface area contributed by atoms with E-state index in [0.717, 1.165) is 31.0 Å². The highest BCUT2D eigenvalue weighted by Gasteiger charge is 2.19.